The van der Waals surface area contributed by atoms with Gasteiger partial charge in [-0.25, -0.2) is 0 Å². The van der Waals surface area contributed by atoms with Crippen molar-refractivity contribution in [1.82, 2.24) is 19.6 Å². The molecule has 0 spiro atoms. The molecule has 2 bridgehead atoms. The quantitative estimate of drug-likeness (QED) is 0.752. The zero-order valence-electron chi connectivity index (χ0n) is 15.9. The Bertz CT molecular complexity index is 1010. The van der Waals surface area contributed by atoms with E-state index >= 15 is 0 Å². The molecule has 1 N–H and O–H groups in total. The molecular weight excluding hydrogens is 356 g/mol. The van der Waals surface area contributed by atoms with Crippen LogP contribution in [0.1, 0.15) is 48.9 Å². The summed E-state index contributed by atoms with van der Waals surface area (Å²) in [6.07, 6.45) is 9.34. The molecule has 2 aliphatic heterocycles. The highest BCUT2D eigenvalue weighted by Gasteiger charge is 2.50. The number of aromatic nitrogens is 3. The molecule has 0 saturated carbocycles. The standard InChI is InChI=1S/C21H24N4O3/c1-2-15-9-19(28-23-15)20(26)25-16-3-4-17(25)11-21(27,10-16)13-24-8-6-14-5-7-22-12-18(14)24/h5-9,12,16-17,27H,2-4,10-11,13H2,1H3. The zero-order chi connectivity index (χ0) is 19.3. The van der Waals surface area contributed by atoms with E-state index in [9.17, 15) is 9.90 Å². The fourth-order valence-corrected chi connectivity index (χ4v) is 4.97. The number of hydrogen-bond acceptors (Lipinski definition) is 5. The summed E-state index contributed by atoms with van der Waals surface area (Å²) in [6, 6.07) is 5.82. The minimum absolute atomic E-state index is 0.0337. The van der Waals surface area contributed by atoms with E-state index in [-0.39, 0.29) is 18.0 Å². The molecule has 7 nitrogen and oxygen atoms in total. The highest BCUT2D eigenvalue weighted by atomic mass is 16.5. The van der Waals surface area contributed by atoms with Gasteiger partial charge in [0.2, 0.25) is 5.76 Å². The Morgan fingerprint density at radius 2 is 2.11 bits per heavy atom. The summed E-state index contributed by atoms with van der Waals surface area (Å²) in [4.78, 5) is 19.1. The van der Waals surface area contributed by atoms with Gasteiger partial charge in [-0.3, -0.25) is 9.78 Å². The van der Waals surface area contributed by atoms with Crippen LogP contribution in [-0.2, 0) is 13.0 Å². The van der Waals surface area contributed by atoms with Crippen molar-refractivity contribution in [3.05, 3.63) is 48.2 Å². The van der Waals surface area contributed by atoms with E-state index in [1.807, 2.05) is 36.4 Å². The lowest BCUT2D eigenvalue weighted by molar-refractivity contribution is -0.0540. The van der Waals surface area contributed by atoms with Crippen LogP contribution >= 0.6 is 0 Å². The maximum absolute atomic E-state index is 13.0. The van der Waals surface area contributed by atoms with Gasteiger partial charge in [-0.1, -0.05) is 12.1 Å². The van der Waals surface area contributed by atoms with Gasteiger partial charge in [0.1, 0.15) is 0 Å². The van der Waals surface area contributed by atoms with Gasteiger partial charge < -0.3 is 19.1 Å². The second-order valence-corrected chi connectivity index (χ2v) is 8.14. The van der Waals surface area contributed by atoms with Crippen molar-refractivity contribution in [1.29, 1.82) is 0 Å². The van der Waals surface area contributed by atoms with Gasteiger partial charge in [0, 0.05) is 35.9 Å². The largest absolute Gasteiger partial charge is 0.388 e. The number of nitrogens with zero attached hydrogens (tertiary/aromatic N) is 4. The third-order valence-electron chi connectivity index (χ3n) is 6.26. The smallest absolute Gasteiger partial charge is 0.292 e. The molecule has 5 heterocycles. The van der Waals surface area contributed by atoms with Gasteiger partial charge in [0.05, 0.1) is 29.6 Å². The number of carbonyl (C=O) groups excluding carboxylic acids is 1. The van der Waals surface area contributed by atoms with Crippen LogP contribution in [-0.4, -0.2) is 48.3 Å². The normalized spacial score (nSPS) is 26.9. The van der Waals surface area contributed by atoms with E-state index in [0.29, 0.717) is 25.1 Å². The van der Waals surface area contributed by atoms with Gasteiger partial charge in [-0.2, -0.15) is 0 Å². The van der Waals surface area contributed by atoms with Gasteiger partial charge in [0.15, 0.2) is 0 Å². The number of fused-ring (bicyclic) bond motifs is 3. The summed E-state index contributed by atoms with van der Waals surface area (Å²) in [5.41, 5.74) is 0.980. The summed E-state index contributed by atoms with van der Waals surface area (Å²) in [5, 5.41) is 16.4. The number of amides is 1. The molecule has 3 aromatic heterocycles. The van der Waals surface area contributed by atoms with E-state index in [1.54, 1.807) is 12.3 Å². The number of hydrogen-bond donors (Lipinski definition) is 1. The molecule has 5 rings (SSSR count). The summed E-state index contributed by atoms with van der Waals surface area (Å²) >= 11 is 0. The molecule has 0 aromatic carbocycles. The van der Waals surface area contributed by atoms with Crippen molar-refractivity contribution < 1.29 is 14.4 Å². The molecule has 2 aliphatic rings. The van der Waals surface area contributed by atoms with Crippen LogP contribution in [0.4, 0.5) is 0 Å². The molecule has 146 valence electrons. The third-order valence-corrected chi connectivity index (χ3v) is 6.26. The number of piperidine rings is 1. The molecule has 7 heteroatoms. The maximum atomic E-state index is 13.0. The molecule has 3 aromatic rings. The topological polar surface area (TPSA) is 84.4 Å². The minimum Gasteiger partial charge on any atom is -0.388 e. The van der Waals surface area contributed by atoms with Crippen molar-refractivity contribution in [2.24, 2.45) is 0 Å². The Balaban J connectivity index is 1.36. The van der Waals surface area contributed by atoms with Crippen LogP contribution in [0, 0.1) is 0 Å². The summed E-state index contributed by atoms with van der Waals surface area (Å²) in [5.74, 6) is 0.207. The fraction of sp³-hybridized carbons (Fsp3) is 0.476. The van der Waals surface area contributed by atoms with E-state index in [0.717, 1.165) is 35.9 Å². The molecule has 0 radical (unpaired) electrons. The first kappa shape index (κ1) is 17.4. The second kappa shape index (κ2) is 6.44. The lowest BCUT2D eigenvalue weighted by atomic mass is 9.85. The molecule has 2 fully saturated rings. The Labute approximate surface area is 162 Å². The minimum atomic E-state index is -0.833. The Hall–Kier alpha value is -2.67. The van der Waals surface area contributed by atoms with Gasteiger partial charge in [-0.15, -0.1) is 0 Å². The predicted octanol–water partition coefficient (Wildman–Crippen LogP) is 2.79. The Morgan fingerprint density at radius 3 is 2.82 bits per heavy atom. The van der Waals surface area contributed by atoms with Crippen LogP contribution < -0.4 is 0 Å². The van der Waals surface area contributed by atoms with Gasteiger partial charge >= 0.3 is 0 Å². The monoisotopic (exact) mass is 380 g/mol. The van der Waals surface area contributed by atoms with Crippen molar-refractivity contribution in [2.45, 2.75) is 63.3 Å². The summed E-state index contributed by atoms with van der Waals surface area (Å²) < 4.78 is 7.34. The Kier molecular flexibility index (Phi) is 4.01. The van der Waals surface area contributed by atoms with Crippen molar-refractivity contribution in [2.75, 3.05) is 0 Å². The third kappa shape index (κ3) is 2.81. The molecule has 0 aliphatic carbocycles. The SMILES string of the molecule is CCc1cc(C(=O)N2C3CCC2CC(O)(Cn2ccc4ccncc42)C3)on1. The highest BCUT2D eigenvalue weighted by molar-refractivity contribution is 5.92. The molecule has 28 heavy (non-hydrogen) atoms. The van der Waals surface area contributed by atoms with E-state index in [4.69, 9.17) is 4.52 Å². The molecule has 2 saturated heterocycles. The van der Waals surface area contributed by atoms with Crippen molar-refractivity contribution >= 4 is 16.8 Å². The molecule has 2 atom stereocenters. The Morgan fingerprint density at radius 1 is 1.32 bits per heavy atom. The predicted molar refractivity (Wildman–Crippen MR) is 103 cm³/mol. The lowest BCUT2D eigenvalue weighted by Crippen LogP contribution is -2.54. The van der Waals surface area contributed by atoms with Gasteiger partial charge in [0.25, 0.3) is 5.91 Å². The number of rotatable bonds is 4. The highest BCUT2D eigenvalue weighted by Crippen LogP contribution is 2.42. The van der Waals surface area contributed by atoms with Crippen LogP contribution in [0.15, 0.2) is 41.3 Å². The molecule has 2 unspecified atom stereocenters. The molecule has 1 amide bonds. The van der Waals surface area contributed by atoms with E-state index in [2.05, 4.69) is 14.7 Å². The number of pyridine rings is 1. The first-order chi connectivity index (χ1) is 13.6. The first-order valence-electron chi connectivity index (χ1n) is 9.96. The van der Waals surface area contributed by atoms with Crippen LogP contribution in [0.3, 0.4) is 0 Å². The van der Waals surface area contributed by atoms with Crippen LogP contribution in [0.5, 0.6) is 0 Å². The van der Waals surface area contributed by atoms with Crippen molar-refractivity contribution in [3.63, 3.8) is 0 Å². The summed E-state index contributed by atoms with van der Waals surface area (Å²) in [7, 11) is 0. The number of carbonyl (C=O) groups is 1. The summed E-state index contributed by atoms with van der Waals surface area (Å²) in [6.45, 7) is 2.50. The zero-order valence-corrected chi connectivity index (χ0v) is 15.9. The lowest BCUT2D eigenvalue weighted by Gasteiger charge is -2.43. The van der Waals surface area contributed by atoms with Crippen LogP contribution in [0.2, 0.25) is 0 Å². The fourth-order valence-electron chi connectivity index (χ4n) is 4.97. The second-order valence-electron chi connectivity index (χ2n) is 8.14. The number of aliphatic hydroxyl groups is 1. The average Bonchev–Trinajstić information content (AvgIpc) is 3.39. The van der Waals surface area contributed by atoms with Gasteiger partial charge in [-0.05, 0) is 44.2 Å². The number of aryl methyl sites for hydroxylation is 1. The van der Waals surface area contributed by atoms with Crippen LogP contribution in [0.25, 0.3) is 10.9 Å². The van der Waals surface area contributed by atoms with E-state index < -0.39 is 5.60 Å². The molecular formula is C21H24N4O3. The maximum Gasteiger partial charge on any atom is 0.292 e. The van der Waals surface area contributed by atoms with Crippen molar-refractivity contribution in [3.8, 4) is 0 Å². The first-order valence-corrected chi connectivity index (χ1v) is 9.96. The average molecular weight is 380 g/mol. The van der Waals surface area contributed by atoms with E-state index in [1.165, 1.54) is 0 Å².